The van der Waals surface area contributed by atoms with Crippen molar-refractivity contribution < 1.29 is 4.79 Å². The lowest BCUT2D eigenvalue weighted by atomic mass is 9.90. The molecule has 2 heterocycles. The number of para-hydroxylation sites is 1. The number of guanidine groups is 1. The van der Waals surface area contributed by atoms with Gasteiger partial charge in [-0.25, -0.2) is 0 Å². The van der Waals surface area contributed by atoms with Crippen molar-refractivity contribution in [2.24, 2.45) is 4.99 Å². The van der Waals surface area contributed by atoms with Crippen LogP contribution in [0.2, 0.25) is 5.02 Å². The molecule has 2 aromatic rings. The first-order valence-electron chi connectivity index (χ1n) is 11.0. The molecule has 6 nitrogen and oxygen atoms in total. The zero-order chi connectivity index (χ0) is 21.6. The Morgan fingerprint density at radius 2 is 2.00 bits per heavy atom. The van der Waals surface area contributed by atoms with E-state index in [9.17, 15) is 4.79 Å². The molecule has 2 unspecified atom stereocenters. The lowest BCUT2D eigenvalue weighted by molar-refractivity contribution is -0.116. The van der Waals surface area contributed by atoms with Crippen LogP contribution in [-0.2, 0) is 4.79 Å². The van der Waals surface area contributed by atoms with Gasteiger partial charge in [0.2, 0.25) is 5.91 Å². The highest BCUT2D eigenvalue weighted by Crippen LogP contribution is 2.31. The molecule has 3 N–H and O–H groups in total. The van der Waals surface area contributed by atoms with E-state index in [-0.39, 0.29) is 17.9 Å². The molecule has 0 bridgehead atoms. The second kappa shape index (κ2) is 10.2. The van der Waals surface area contributed by atoms with E-state index < -0.39 is 0 Å². The monoisotopic (exact) mass is 439 g/mol. The highest BCUT2D eigenvalue weighted by molar-refractivity contribution is 6.30. The molecule has 1 amide bonds. The van der Waals surface area contributed by atoms with Crippen LogP contribution in [-0.4, -0.2) is 50.0 Å². The fourth-order valence-electron chi connectivity index (χ4n) is 4.54. The average molecular weight is 440 g/mol. The quantitative estimate of drug-likeness (QED) is 0.473. The predicted molar refractivity (Wildman–Crippen MR) is 127 cm³/mol. The lowest BCUT2D eigenvalue weighted by Crippen LogP contribution is -2.44. The molecule has 7 heteroatoms. The number of rotatable bonds is 6. The van der Waals surface area contributed by atoms with E-state index in [1.807, 2.05) is 30.3 Å². The van der Waals surface area contributed by atoms with Crippen molar-refractivity contribution in [3.63, 3.8) is 0 Å². The van der Waals surface area contributed by atoms with Crippen LogP contribution in [0.3, 0.4) is 0 Å². The maximum Gasteiger partial charge on any atom is 0.225 e. The maximum atomic E-state index is 12.1. The molecule has 0 radical (unpaired) electrons. The van der Waals surface area contributed by atoms with E-state index in [4.69, 9.17) is 11.6 Å². The smallest absolute Gasteiger partial charge is 0.225 e. The van der Waals surface area contributed by atoms with E-state index >= 15 is 0 Å². The van der Waals surface area contributed by atoms with Crippen molar-refractivity contribution >= 4 is 29.2 Å². The Hall–Kier alpha value is -2.57. The van der Waals surface area contributed by atoms with Gasteiger partial charge in [0.15, 0.2) is 5.96 Å². The molecule has 0 spiro atoms. The van der Waals surface area contributed by atoms with E-state index in [0.717, 1.165) is 36.3 Å². The van der Waals surface area contributed by atoms with Gasteiger partial charge >= 0.3 is 0 Å². The number of fused-ring (bicyclic) bond motifs is 1. The molecule has 164 valence electrons. The molecular formula is C24H30ClN5O. The van der Waals surface area contributed by atoms with Crippen LogP contribution < -0.4 is 16.0 Å². The Balaban J connectivity index is 1.40. The molecule has 31 heavy (non-hydrogen) atoms. The fourth-order valence-corrected chi connectivity index (χ4v) is 4.74. The number of carbonyl (C=O) groups excluding carboxylic acids is 1. The SMILES string of the molecule is CN=C(NCC1CC(=O)Nc2ccccc21)NCC(c1cccc(Cl)c1)N1CCCC1. The Labute approximate surface area is 189 Å². The number of nitrogens with one attached hydrogen (secondary N) is 3. The zero-order valence-corrected chi connectivity index (χ0v) is 18.7. The van der Waals surface area contributed by atoms with Crippen LogP contribution in [0.25, 0.3) is 0 Å². The Morgan fingerprint density at radius 1 is 1.19 bits per heavy atom. The minimum atomic E-state index is 0.0588. The fraction of sp³-hybridized carbons (Fsp3) is 0.417. The zero-order valence-electron chi connectivity index (χ0n) is 17.9. The first kappa shape index (κ1) is 21.7. The standard InChI is InChI=1S/C24H30ClN5O/c1-26-24(27-15-18-14-23(31)29-21-10-3-2-9-20(18)21)28-16-22(30-11-4-5-12-30)17-7-6-8-19(25)13-17/h2-3,6-10,13,18,22H,4-5,11-12,14-16H2,1H3,(H,29,31)(H2,26,27,28). The molecule has 2 aliphatic rings. The summed E-state index contributed by atoms with van der Waals surface area (Å²) in [6.45, 7) is 3.58. The van der Waals surface area contributed by atoms with Gasteiger partial charge in [-0.05, 0) is 55.3 Å². The molecular weight excluding hydrogens is 410 g/mol. The number of nitrogens with zero attached hydrogens (tertiary/aromatic N) is 2. The van der Waals surface area contributed by atoms with E-state index in [2.05, 4.69) is 44.0 Å². The molecule has 4 rings (SSSR count). The van der Waals surface area contributed by atoms with Gasteiger partial charge in [-0.2, -0.15) is 0 Å². The number of anilines is 1. The largest absolute Gasteiger partial charge is 0.356 e. The maximum absolute atomic E-state index is 12.1. The summed E-state index contributed by atoms with van der Waals surface area (Å²) in [5.41, 5.74) is 3.29. The molecule has 0 aromatic heterocycles. The van der Waals surface area contributed by atoms with Crippen LogP contribution in [0.4, 0.5) is 5.69 Å². The number of hydrogen-bond donors (Lipinski definition) is 3. The number of benzene rings is 2. The minimum Gasteiger partial charge on any atom is -0.356 e. The van der Waals surface area contributed by atoms with Crippen molar-refractivity contribution in [2.75, 3.05) is 38.5 Å². The topological polar surface area (TPSA) is 68.8 Å². The summed E-state index contributed by atoms with van der Waals surface area (Å²) in [5.74, 6) is 0.920. The number of carbonyl (C=O) groups is 1. The van der Waals surface area contributed by atoms with Crippen LogP contribution in [0.1, 0.15) is 42.3 Å². The molecule has 0 aliphatic carbocycles. The molecule has 2 aromatic carbocycles. The summed E-state index contributed by atoms with van der Waals surface area (Å²) >= 11 is 6.27. The number of hydrogen-bond acceptors (Lipinski definition) is 3. The number of amides is 1. The molecule has 0 saturated carbocycles. The summed E-state index contributed by atoms with van der Waals surface area (Å²) in [4.78, 5) is 19.0. The second-order valence-electron chi connectivity index (χ2n) is 8.18. The van der Waals surface area contributed by atoms with Crippen molar-refractivity contribution in [1.82, 2.24) is 15.5 Å². The van der Waals surface area contributed by atoms with Crippen molar-refractivity contribution in [3.05, 3.63) is 64.7 Å². The van der Waals surface area contributed by atoms with Crippen LogP contribution in [0, 0.1) is 0 Å². The average Bonchev–Trinajstić information content (AvgIpc) is 3.30. The Morgan fingerprint density at radius 3 is 2.77 bits per heavy atom. The molecule has 1 saturated heterocycles. The van der Waals surface area contributed by atoms with Crippen LogP contribution in [0.5, 0.6) is 0 Å². The number of halogens is 1. The van der Waals surface area contributed by atoms with Crippen molar-refractivity contribution in [3.8, 4) is 0 Å². The Kier molecular flexibility index (Phi) is 7.10. The van der Waals surface area contributed by atoms with E-state index in [0.29, 0.717) is 13.0 Å². The van der Waals surface area contributed by atoms with Gasteiger partial charge < -0.3 is 16.0 Å². The molecule has 1 fully saturated rings. The summed E-state index contributed by atoms with van der Waals surface area (Å²) in [6, 6.07) is 16.4. The molecule has 2 aliphatic heterocycles. The van der Waals surface area contributed by atoms with E-state index in [1.165, 1.54) is 24.0 Å². The third-order valence-electron chi connectivity index (χ3n) is 6.12. The van der Waals surface area contributed by atoms with Gasteiger partial charge in [-0.15, -0.1) is 0 Å². The summed E-state index contributed by atoms with van der Waals surface area (Å²) in [5, 5.41) is 10.6. The number of likely N-dealkylation sites (tertiary alicyclic amines) is 1. The van der Waals surface area contributed by atoms with Crippen LogP contribution in [0.15, 0.2) is 53.5 Å². The van der Waals surface area contributed by atoms with Gasteiger partial charge in [-0.3, -0.25) is 14.7 Å². The highest BCUT2D eigenvalue weighted by atomic mass is 35.5. The van der Waals surface area contributed by atoms with Gasteiger partial charge in [0.25, 0.3) is 0 Å². The summed E-state index contributed by atoms with van der Waals surface area (Å²) in [7, 11) is 1.78. The second-order valence-corrected chi connectivity index (χ2v) is 8.62. The summed E-state index contributed by atoms with van der Waals surface area (Å²) in [6.07, 6.45) is 2.93. The van der Waals surface area contributed by atoms with Crippen molar-refractivity contribution in [2.45, 2.75) is 31.2 Å². The predicted octanol–water partition coefficient (Wildman–Crippen LogP) is 3.77. The normalized spacial score (nSPS) is 20.1. The van der Waals surface area contributed by atoms with E-state index in [1.54, 1.807) is 7.05 Å². The number of aliphatic imine (C=N–C) groups is 1. The Bertz CT molecular complexity index is 941. The highest BCUT2D eigenvalue weighted by Gasteiger charge is 2.26. The third kappa shape index (κ3) is 5.38. The van der Waals surface area contributed by atoms with Crippen LogP contribution >= 0.6 is 11.6 Å². The minimum absolute atomic E-state index is 0.0588. The third-order valence-corrected chi connectivity index (χ3v) is 6.36. The molecule has 2 atom stereocenters. The lowest BCUT2D eigenvalue weighted by Gasteiger charge is -2.30. The van der Waals surface area contributed by atoms with Gasteiger partial charge in [0.1, 0.15) is 0 Å². The first-order chi connectivity index (χ1) is 15.1. The van der Waals surface area contributed by atoms with Gasteiger partial charge in [-0.1, -0.05) is 41.9 Å². The first-order valence-corrected chi connectivity index (χ1v) is 11.3. The van der Waals surface area contributed by atoms with Gasteiger partial charge in [0.05, 0.1) is 6.04 Å². The van der Waals surface area contributed by atoms with Crippen molar-refractivity contribution in [1.29, 1.82) is 0 Å². The summed E-state index contributed by atoms with van der Waals surface area (Å²) < 4.78 is 0. The van der Waals surface area contributed by atoms with Gasteiger partial charge in [0, 0.05) is 43.2 Å².